The normalized spacial score (nSPS) is 27.4. The van der Waals surface area contributed by atoms with Gasteiger partial charge in [0.15, 0.2) is 0 Å². The van der Waals surface area contributed by atoms with Gasteiger partial charge in [0.05, 0.1) is 36.2 Å². The van der Waals surface area contributed by atoms with Crippen LogP contribution in [0.1, 0.15) is 72.9 Å². The van der Waals surface area contributed by atoms with Crippen LogP contribution in [0.4, 0.5) is 5.69 Å². The Balaban J connectivity index is 1.19. The topological polar surface area (TPSA) is 149 Å². The van der Waals surface area contributed by atoms with Gasteiger partial charge in [-0.25, -0.2) is 18.4 Å². The Morgan fingerprint density at radius 3 is 2.73 bits per heavy atom. The highest BCUT2D eigenvalue weighted by atomic mass is 35.5. The third kappa shape index (κ3) is 7.56. The van der Waals surface area contributed by atoms with E-state index in [4.69, 9.17) is 31.0 Å². The Bertz CT molecular complexity index is 1610. The van der Waals surface area contributed by atoms with Crippen LogP contribution in [-0.4, -0.2) is 81.6 Å². The second-order valence-corrected chi connectivity index (χ2v) is 16.2. The van der Waals surface area contributed by atoms with Gasteiger partial charge in [-0.15, -0.1) is 0 Å². The second kappa shape index (κ2) is 14.7. The van der Waals surface area contributed by atoms with Crippen LogP contribution >= 0.6 is 11.6 Å². The molecule has 48 heavy (non-hydrogen) atoms. The minimum Gasteiger partial charge on any atom is -0.490 e. The zero-order valence-corrected chi connectivity index (χ0v) is 29.0. The van der Waals surface area contributed by atoms with Crippen molar-refractivity contribution in [3.05, 3.63) is 70.3 Å². The van der Waals surface area contributed by atoms with Crippen molar-refractivity contribution >= 4 is 33.3 Å². The third-order valence-corrected chi connectivity index (χ3v) is 12.6. The number of aliphatic hydroxyl groups excluding tert-OH is 1. The van der Waals surface area contributed by atoms with Gasteiger partial charge in [-0.05, 0) is 111 Å². The molecule has 10 nitrogen and oxygen atoms in total. The van der Waals surface area contributed by atoms with Gasteiger partial charge in [-0.1, -0.05) is 29.8 Å². The van der Waals surface area contributed by atoms with E-state index in [1.807, 2.05) is 6.07 Å². The molecule has 2 aromatic carbocycles. The van der Waals surface area contributed by atoms with Crippen molar-refractivity contribution in [1.82, 2.24) is 0 Å². The van der Waals surface area contributed by atoms with Crippen molar-refractivity contribution in [3.8, 4) is 5.75 Å². The Kier molecular flexibility index (Phi) is 10.7. The number of hydrogen-bond acceptors (Lipinski definition) is 8. The van der Waals surface area contributed by atoms with E-state index < -0.39 is 33.5 Å². The number of primary sulfonamides is 1. The lowest BCUT2D eigenvalue weighted by atomic mass is 9.68. The van der Waals surface area contributed by atoms with E-state index >= 15 is 0 Å². The van der Waals surface area contributed by atoms with Crippen LogP contribution in [0.25, 0.3) is 0 Å². The number of halogens is 1. The molecule has 2 aromatic rings. The summed E-state index contributed by atoms with van der Waals surface area (Å²) in [6.07, 6.45) is 8.93. The summed E-state index contributed by atoms with van der Waals surface area (Å²) < 4.78 is 42.7. The number of nitrogens with two attached hydrogens (primary N) is 1. The number of aromatic carboxylic acids is 1. The van der Waals surface area contributed by atoms with Gasteiger partial charge in [-0.2, -0.15) is 0 Å². The number of aliphatic hydroxyl groups is 1. The Hall–Kier alpha value is -2.67. The SMILES string of the molecule is CO[C@@H](C/C=C/[C@H](O)[C@@H]1CC[C@H]1CN1C[C@@]2(CCCc3cc(Cl)ccc32)COc2ccc(C(=O)O)cc21)[C@@H](CC1CCCO1)S(N)(=O)=O. The van der Waals surface area contributed by atoms with E-state index in [2.05, 4.69) is 17.0 Å². The van der Waals surface area contributed by atoms with Crippen LogP contribution in [0.2, 0.25) is 5.02 Å². The first kappa shape index (κ1) is 35.2. The highest BCUT2D eigenvalue weighted by Crippen LogP contribution is 2.46. The molecule has 6 rings (SSSR count). The van der Waals surface area contributed by atoms with Crippen LogP contribution in [0.5, 0.6) is 5.75 Å². The van der Waals surface area contributed by atoms with Gasteiger partial charge < -0.3 is 29.3 Å². The van der Waals surface area contributed by atoms with E-state index in [1.54, 1.807) is 30.4 Å². The number of sulfonamides is 1. The summed E-state index contributed by atoms with van der Waals surface area (Å²) in [6, 6.07) is 11.1. The third-order valence-electron chi connectivity index (χ3n) is 11.0. The molecule has 12 heteroatoms. The molecule has 1 spiro atoms. The van der Waals surface area contributed by atoms with Crippen LogP contribution in [0, 0.1) is 11.8 Å². The molecule has 0 aromatic heterocycles. The summed E-state index contributed by atoms with van der Waals surface area (Å²) in [5, 5.41) is 26.6. The number of rotatable bonds is 12. The quantitative estimate of drug-likeness (QED) is 0.257. The van der Waals surface area contributed by atoms with Gasteiger partial charge >= 0.3 is 5.97 Å². The molecule has 262 valence electrons. The van der Waals surface area contributed by atoms with E-state index in [0.29, 0.717) is 43.5 Å². The summed E-state index contributed by atoms with van der Waals surface area (Å²) >= 11 is 6.39. The summed E-state index contributed by atoms with van der Waals surface area (Å²) in [4.78, 5) is 14.3. The standard InChI is InChI=1S/C36H47ClN2O8S/c1-45-33(34(48(38,43)44)19-27-6-4-16-46-27)8-2-7-31(40)28-12-9-25(28)20-39-21-36(15-3-5-23-17-26(37)11-13-29(23)36)22-47-32-14-10-24(35(41)42)18-30(32)39/h2,7,10-11,13-14,17-18,25,27-28,31,33-34,40H,3-6,8-9,12,15-16,19-22H2,1H3,(H,41,42)(H2,38,43,44)/b7-2+/t25-,27?,28+,31-,33-,34+,36-/m0/s1. The monoisotopic (exact) mass is 702 g/mol. The molecule has 4 aliphatic rings. The summed E-state index contributed by atoms with van der Waals surface area (Å²) in [5.74, 6) is -0.185. The molecule has 1 saturated carbocycles. The van der Waals surface area contributed by atoms with Crippen molar-refractivity contribution in [3.63, 3.8) is 0 Å². The molecule has 0 bridgehead atoms. The number of ether oxygens (including phenoxy) is 3. The molecule has 2 aliphatic carbocycles. The van der Waals surface area contributed by atoms with Gasteiger partial charge in [-0.3, -0.25) is 0 Å². The fourth-order valence-electron chi connectivity index (χ4n) is 8.28. The predicted octanol–water partition coefficient (Wildman–Crippen LogP) is 5.09. The molecule has 0 radical (unpaired) electrons. The van der Waals surface area contributed by atoms with E-state index in [-0.39, 0.29) is 35.3 Å². The predicted molar refractivity (Wildman–Crippen MR) is 184 cm³/mol. The Labute approximate surface area is 288 Å². The largest absolute Gasteiger partial charge is 0.490 e. The maximum absolute atomic E-state index is 12.5. The van der Waals surface area contributed by atoms with Gasteiger partial charge in [0.2, 0.25) is 10.0 Å². The highest BCUT2D eigenvalue weighted by molar-refractivity contribution is 7.89. The number of anilines is 1. The molecule has 7 atom stereocenters. The van der Waals surface area contributed by atoms with Crippen LogP contribution in [0.15, 0.2) is 48.6 Å². The molecule has 1 unspecified atom stereocenters. The first-order valence-electron chi connectivity index (χ1n) is 17.0. The molecule has 2 aliphatic heterocycles. The fourth-order valence-corrected chi connectivity index (χ4v) is 9.61. The number of benzene rings is 2. The summed E-state index contributed by atoms with van der Waals surface area (Å²) in [5.41, 5.74) is 3.12. The minimum absolute atomic E-state index is 0.00755. The van der Waals surface area contributed by atoms with Crippen LogP contribution < -0.4 is 14.8 Å². The number of nitrogens with zero attached hydrogens (tertiary/aromatic N) is 1. The van der Waals surface area contributed by atoms with Gasteiger partial charge in [0.25, 0.3) is 0 Å². The van der Waals surface area contributed by atoms with Crippen LogP contribution in [0.3, 0.4) is 0 Å². The Morgan fingerprint density at radius 2 is 2.04 bits per heavy atom. The lowest BCUT2D eigenvalue weighted by Gasteiger charge is -2.45. The van der Waals surface area contributed by atoms with E-state index in [0.717, 1.165) is 50.6 Å². The average molecular weight is 703 g/mol. The number of hydrogen-bond donors (Lipinski definition) is 3. The molecule has 2 fully saturated rings. The maximum Gasteiger partial charge on any atom is 0.335 e. The van der Waals surface area contributed by atoms with Gasteiger partial charge in [0.1, 0.15) is 11.0 Å². The number of fused-ring (bicyclic) bond motifs is 3. The first-order chi connectivity index (χ1) is 23.0. The van der Waals surface area contributed by atoms with E-state index in [9.17, 15) is 23.4 Å². The zero-order valence-electron chi connectivity index (χ0n) is 27.4. The molecular formula is C36H47ClN2O8S. The van der Waals surface area contributed by atoms with Crippen molar-refractivity contribution in [1.29, 1.82) is 0 Å². The number of carboxylic acid groups (broad SMARTS) is 1. The van der Waals surface area contributed by atoms with Gasteiger partial charge in [0, 0.05) is 37.2 Å². The number of methoxy groups -OCH3 is 1. The zero-order chi connectivity index (χ0) is 34.1. The minimum atomic E-state index is -3.88. The second-order valence-electron chi connectivity index (χ2n) is 14.0. The molecule has 2 heterocycles. The maximum atomic E-state index is 12.5. The highest BCUT2D eigenvalue weighted by Gasteiger charge is 2.44. The van der Waals surface area contributed by atoms with Crippen LogP contribution in [-0.2, 0) is 31.3 Å². The molecule has 1 saturated heterocycles. The molecule has 4 N–H and O–H groups in total. The average Bonchev–Trinajstić information content (AvgIpc) is 3.50. The molecular weight excluding hydrogens is 656 g/mol. The van der Waals surface area contributed by atoms with Crippen molar-refractivity contribution in [2.75, 3.05) is 38.3 Å². The number of aryl methyl sites for hydroxylation is 1. The summed E-state index contributed by atoms with van der Waals surface area (Å²) in [6.45, 7) is 2.38. The lowest BCUT2D eigenvalue weighted by molar-refractivity contribution is 0.0447. The Morgan fingerprint density at radius 1 is 1.21 bits per heavy atom. The first-order valence-corrected chi connectivity index (χ1v) is 19.0. The lowest BCUT2D eigenvalue weighted by Crippen LogP contribution is -2.49. The van der Waals surface area contributed by atoms with Crippen molar-refractivity contribution in [2.45, 2.75) is 86.8 Å². The van der Waals surface area contributed by atoms with Crippen molar-refractivity contribution in [2.24, 2.45) is 17.0 Å². The summed E-state index contributed by atoms with van der Waals surface area (Å²) in [7, 11) is -2.40. The van der Waals surface area contributed by atoms with Crippen molar-refractivity contribution < 1.29 is 37.6 Å². The fraction of sp³-hybridized carbons (Fsp3) is 0.583. The number of carboxylic acids is 1. The molecule has 0 amide bonds. The van der Waals surface area contributed by atoms with E-state index in [1.165, 1.54) is 18.2 Å². The number of carbonyl (C=O) groups is 1. The smallest absolute Gasteiger partial charge is 0.335 e.